The fourth-order valence-electron chi connectivity index (χ4n) is 2.72. The van der Waals surface area contributed by atoms with Gasteiger partial charge in [0.1, 0.15) is 5.82 Å². The molecule has 1 unspecified atom stereocenters. The molecule has 0 N–H and O–H groups in total. The van der Waals surface area contributed by atoms with Crippen molar-refractivity contribution in [1.82, 2.24) is 9.88 Å². The Hall–Kier alpha value is -0.800. The molecular weight excluding hydrogens is 258 g/mol. The summed E-state index contributed by atoms with van der Waals surface area (Å²) < 4.78 is 0. The molecule has 1 fully saturated rings. The predicted molar refractivity (Wildman–Crippen MR) is 82.1 cm³/mol. The lowest BCUT2D eigenvalue weighted by molar-refractivity contribution is 0.274. The molecule has 1 saturated heterocycles. The van der Waals surface area contributed by atoms with Crippen LogP contribution in [0.25, 0.3) is 0 Å². The molecule has 19 heavy (non-hydrogen) atoms. The Morgan fingerprint density at radius 3 is 2.79 bits per heavy atom. The van der Waals surface area contributed by atoms with Crippen LogP contribution in [0.15, 0.2) is 12.1 Å². The van der Waals surface area contributed by atoms with E-state index in [1.165, 1.54) is 11.3 Å². The van der Waals surface area contributed by atoms with Crippen molar-refractivity contribution in [2.75, 3.05) is 31.6 Å². The third-order valence-electron chi connectivity index (χ3n) is 3.71. The van der Waals surface area contributed by atoms with E-state index in [0.29, 0.717) is 11.9 Å². The van der Waals surface area contributed by atoms with E-state index in [0.717, 1.165) is 38.3 Å². The summed E-state index contributed by atoms with van der Waals surface area (Å²) in [7, 11) is 2.18. The van der Waals surface area contributed by atoms with Gasteiger partial charge >= 0.3 is 0 Å². The number of aryl methyl sites for hydroxylation is 1. The molecule has 1 aromatic rings. The molecule has 1 aliphatic rings. The van der Waals surface area contributed by atoms with Gasteiger partial charge in [0.05, 0.1) is 0 Å². The third-order valence-corrected chi connectivity index (χ3v) is 4.02. The topological polar surface area (TPSA) is 19.4 Å². The van der Waals surface area contributed by atoms with Gasteiger partial charge in [-0.15, -0.1) is 11.6 Å². The quantitative estimate of drug-likeness (QED) is 0.791. The molecule has 3 nitrogen and oxygen atoms in total. The minimum Gasteiger partial charge on any atom is -0.351 e. The molecule has 1 aliphatic heterocycles. The fraction of sp³-hybridized carbons (Fsp3) is 0.667. The lowest BCUT2D eigenvalue weighted by Gasteiger charge is -2.39. The molecule has 0 spiro atoms. The number of pyridine rings is 1. The summed E-state index contributed by atoms with van der Waals surface area (Å²) in [6.07, 6.45) is 2.15. The molecule has 0 bridgehead atoms. The van der Waals surface area contributed by atoms with Gasteiger partial charge in [0, 0.05) is 37.3 Å². The Morgan fingerprint density at radius 1 is 1.37 bits per heavy atom. The average Bonchev–Trinajstić information content (AvgIpc) is 2.38. The van der Waals surface area contributed by atoms with Crippen molar-refractivity contribution in [1.29, 1.82) is 0 Å². The van der Waals surface area contributed by atoms with Gasteiger partial charge in [0.2, 0.25) is 0 Å². The molecule has 4 heteroatoms. The van der Waals surface area contributed by atoms with Crippen LogP contribution in [0.1, 0.15) is 31.5 Å². The number of hydrogen-bond acceptors (Lipinski definition) is 3. The number of likely N-dealkylation sites (N-methyl/N-ethyl adjacent to an activating group) is 1. The number of aromatic nitrogens is 1. The minimum absolute atomic E-state index is 0.506. The zero-order valence-corrected chi connectivity index (χ0v) is 13.0. The van der Waals surface area contributed by atoms with Gasteiger partial charge in [-0.1, -0.05) is 13.3 Å². The Morgan fingerprint density at radius 2 is 2.16 bits per heavy atom. The van der Waals surface area contributed by atoms with Crippen LogP contribution >= 0.6 is 11.6 Å². The van der Waals surface area contributed by atoms with E-state index >= 15 is 0 Å². The second-order valence-electron chi connectivity index (χ2n) is 5.51. The van der Waals surface area contributed by atoms with Crippen molar-refractivity contribution in [2.45, 2.75) is 38.6 Å². The zero-order chi connectivity index (χ0) is 13.8. The molecule has 0 aliphatic carbocycles. The molecule has 0 amide bonds. The Labute approximate surface area is 121 Å². The smallest absolute Gasteiger partial charge is 0.129 e. The molecule has 0 radical (unpaired) electrons. The van der Waals surface area contributed by atoms with E-state index in [1.54, 1.807) is 0 Å². The van der Waals surface area contributed by atoms with E-state index in [2.05, 4.69) is 42.8 Å². The van der Waals surface area contributed by atoms with Crippen LogP contribution in [0.3, 0.4) is 0 Å². The van der Waals surface area contributed by atoms with Crippen molar-refractivity contribution in [2.24, 2.45) is 0 Å². The maximum Gasteiger partial charge on any atom is 0.129 e. The van der Waals surface area contributed by atoms with Gasteiger partial charge < -0.3 is 9.80 Å². The van der Waals surface area contributed by atoms with Gasteiger partial charge in [-0.3, -0.25) is 0 Å². The molecule has 1 atom stereocenters. The maximum absolute atomic E-state index is 6.01. The molecule has 0 aromatic carbocycles. The summed E-state index contributed by atoms with van der Waals surface area (Å²) in [6, 6.07) is 4.79. The fourth-order valence-corrected chi connectivity index (χ4v) is 2.88. The number of piperazine rings is 1. The molecule has 0 saturated carbocycles. The van der Waals surface area contributed by atoms with Crippen molar-refractivity contribution in [3.63, 3.8) is 0 Å². The maximum atomic E-state index is 6.01. The lowest BCUT2D eigenvalue weighted by Crippen LogP contribution is -2.50. The van der Waals surface area contributed by atoms with Crippen LogP contribution in [-0.2, 0) is 12.3 Å². The van der Waals surface area contributed by atoms with E-state index in [4.69, 9.17) is 16.6 Å². The van der Waals surface area contributed by atoms with Crippen LogP contribution in [-0.4, -0.2) is 42.6 Å². The van der Waals surface area contributed by atoms with Gasteiger partial charge in [0.25, 0.3) is 0 Å². The Bertz CT molecular complexity index is 422. The first-order valence-electron chi connectivity index (χ1n) is 7.15. The van der Waals surface area contributed by atoms with E-state index in [9.17, 15) is 0 Å². The van der Waals surface area contributed by atoms with Crippen LogP contribution in [0, 0.1) is 0 Å². The standard InChI is InChI=1S/C15H24ClN3/c1-4-5-14-8-13(10-16)9-15(17-14)19-7-6-18(3)11-12(19)2/h8-9,12H,4-7,10-11H2,1-3H3. The van der Waals surface area contributed by atoms with Crippen molar-refractivity contribution >= 4 is 17.4 Å². The predicted octanol–water partition coefficient (Wildman–Crippen LogP) is 2.91. The van der Waals surface area contributed by atoms with E-state index in [-0.39, 0.29) is 0 Å². The van der Waals surface area contributed by atoms with Crippen molar-refractivity contribution in [3.8, 4) is 0 Å². The highest BCUT2D eigenvalue weighted by Crippen LogP contribution is 2.21. The van der Waals surface area contributed by atoms with Gasteiger partial charge in [-0.2, -0.15) is 0 Å². The van der Waals surface area contributed by atoms with Gasteiger partial charge in [0.15, 0.2) is 0 Å². The summed E-state index contributed by atoms with van der Waals surface area (Å²) >= 11 is 6.01. The Balaban J connectivity index is 2.25. The third kappa shape index (κ3) is 3.61. The molecular formula is C15H24ClN3. The number of halogens is 1. The number of nitrogens with zero attached hydrogens (tertiary/aromatic N) is 3. The largest absolute Gasteiger partial charge is 0.351 e. The minimum atomic E-state index is 0.506. The Kier molecular flexibility index (Phi) is 5.06. The van der Waals surface area contributed by atoms with Crippen LogP contribution in [0.4, 0.5) is 5.82 Å². The van der Waals surface area contributed by atoms with Crippen LogP contribution in [0.2, 0.25) is 0 Å². The SMILES string of the molecule is CCCc1cc(CCl)cc(N2CCN(C)CC2C)n1. The number of alkyl halides is 1. The molecule has 2 rings (SSSR count). The highest BCUT2D eigenvalue weighted by atomic mass is 35.5. The second kappa shape index (κ2) is 6.58. The summed E-state index contributed by atoms with van der Waals surface area (Å²) in [6.45, 7) is 7.69. The molecule has 1 aromatic heterocycles. The monoisotopic (exact) mass is 281 g/mol. The first-order chi connectivity index (χ1) is 9.13. The first-order valence-corrected chi connectivity index (χ1v) is 7.68. The van der Waals surface area contributed by atoms with Crippen molar-refractivity contribution < 1.29 is 0 Å². The summed E-state index contributed by atoms with van der Waals surface area (Å²) in [5.74, 6) is 1.66. The van der Waals surface area contributed by atoms with Crippen LogP contribution < -0.4 is 4.90 Å². The van der Waals surface area contributed by atoms with Gasteiger partial charge in [-0.05, 0) is 38.1 Å². The summed E-state index contributed by atoms with van der Waals surface area (Å²) in [5.41, 5.74) is 2.35. The molecule has 2 heterocycles. The normalized spacial score (nSPS) is 20.8. The number of anilines is 1. The lowest BCUT2D eigenvalue weighted by atomic mass is 10.1. The van der Waals surface area contributed by atoms with E-state index < -0.39 is 0 Å². The van der Waals surface area contributed by atoms with E-state index in [1.807, 2.05) is 0 Å². The van der Waals surface area contributed by atoms with Gasteiger partial charge in [-0.25, -0.2) is 4.98 Å². The zero-order valence-electron chi connectivity index (χ0n) is 12.2. The average molecular weight is 282 g/mol. The molecule has 106 valence electrons. The van der Waals surface area contributed by atoms with Crippen LogP contribution in [0.5, 0.6) is 0 Å². The number of hydrogen-bond donors (Lipinski definition) is 0. The first kappa shape index (κ1) is 14.6. The highest BCUT2D eigenvalue weighted by Gasteiger charge is 2.23. The van der Waals surface area contributed by atoms with Crippen molar-refractivity contribution in [3.05, 3.63) is 23.4 Å². The highest BCUT2D eigenvalue weighted by molar-refractivity contribution is 6.17. The number of rotatable bonds is 4. The summed E-state index contributed by atoms with van der Waals surface area (Å²) in [5, 5.41) is 0. The summed E-state index contributed by atoms with van der Waals surface area (Å²) in [4.78, 5) is 9.61. The second-order valence-corrected chi connectivity index (χ2v) is 5.78.